The fraction of sp³-hybridized carbons (Fsp3) is 0.400. The summed E-state index contributed by atoms with van der Waals surface area (Å²) >= 11 is 5.74. The van der Waals surface area contributed by atoms with Gasteiger partial charge in [0.2, 0.25) is 0 Å². The molecular weight excluding hydrogens is 208 g/mol. The van der Waals surface area contributed by atoms with Gasteiger partial charge in [-0.3, -0.25) is 0 Å². The van der Waals surface area contributed by atoms with Gasteiger partial charge in [-0.15, -0.1) is 0 Å². The summed E-state index contributed by atoms with van der Waals surface area (Å²) in [5.74, 6) is 0. The summed E-state index contributed by atoms with van der Waals surface area (Å²) in [7, 11) is 0. The van der Waals surface area contributed by atoms with Gasteiger partial charge in [0.25, 0.3) is 6.43 Å². The van der Waals surface area contributed by atoms with Gasteiger partial charge in [0.1, 0.15) is 0 Å². The van der Waals surface area contributed by atoms with E-state index in [2.05, 4.69) is 0 Å². The lowest BCUT2D eigenvalue weighted by molar-refractivity contribution is 0.151. The molecule has 0 aliphatic heterocycles. The normalized spacial score (nSPS) is 18.6. The van der Waals surface area contributed by atoms with E-state index < -0.39 is 12.0 Å². The van der Waals surface area contributed by atoms with Crippen LogP contribution in [-0.2, 0) is 5.54 Å². The number of alkyl halides is 2. The summed E-state index contributed by atoms with van der Waals surface area (Å²) in [6.07, 6.45) is -0.804. The second kappa shape index (κ2) is 3.17. The fourth-order valence-electron chi connectivity index (χ4n) is 1.45. The van der Waals surface area contributed by atoms with Crippen LogP contribution in [0.2, 0.25) is 5.02 Å². The zero-order chi connectivity index (χ0) is 10.3. The Morgan fingerprint density at radius 2 is 1.93 bits per heavy atom. The van der Waals surface area contributed by atoms with E-state index in [1.54, 1.807) is 6.07 Å². The Balaban J connectivity index is 2.42. The number of benzene rings is 1. The maximum absolute atomic E-state index is 12.4. The molecule has 0 radical (unpaired) electrons. The molecule has 1 aliphatic rings. The van der Waals surface area contributed by atoms with Gasteiger partial charge >= 0.3 is 0 Å². The molecule has 2 rings (SSSR count). The van der Waals surface area contributed by atoms with E-state index in [0.29, 0.717) is 5.02 Å². The van der Waals surface area contributed by atoms with Crippen molar-refractivity contribution in [3.05, 3.63) is 34.3 Å². The standard InChI is InChI=1S/C10H10ClF2N/c11-8-4-6(9(12)13)3-7(5-8)10(14)1-2-10/h3-5,9H,1-2,14H2. The monoisotopic (exact) mass is 217 g/mol. The van der Waals surface area contributed by atoms with Crippen molar-refractivity contribution in [1.29, 1.82) is 0 Å². The summed E-state index contributed by atoms with van der Waals surface area (Å²) in [6, 6.07) is 4.39. The largest absolute Gasteiger partial charge is 0.321 e. The molecule has 0 saturated heterocycles. The lowest BCUT2D eigenvalue weighted by Gasteiger charge is -2.11. The smallest absolute Gasteiger partial charge is 0.263 e. The summed E-state index contributed by atoms with van der Waals surface area (Å²) in [4.78, 5) is 0. The number of nitrogens with two attached hydrogens (primary N) is 1. The highest BCUT2D eigenvalue weighted by Crippen LogP contribution is 2.44. The zero-order valence-electron chi connectivity index (χ0n) is 7.43. The average Bonchev–Trinajstić information content (AvgIpc) is 2.84. The minimum Gasteiger partial charge on any atom is -0.321 e. The van der Waals surface area contributed by atoms with Crippen LogP contribution in [0, 0.1) is 0 Å². The molecule has 0 amide bonds. The molecule has 76 valence electrons. The fourth-order valence-corrected chi connectivity index (χ4v) is 1.69. The van der Waals surface area contributed by atoms with Crippen LogP contribution in [0.15, 0.2) is 18.2 Å². The zero-order valence-corrected chi connectivity index (χ0v) is 8.19. The van der Waals surface area contributed by atoms with Crippen molar-refractivity contribution in [1.82, 2.24) is 0 Å². The van der Waals surface area contributed by atoms with Crippen molar-refractivity contribution in [2.24, 2.45) is 5.73 Å². The molecule has 0 spiro atoms. The second-order valence-corrected chi connectivity index (χ2v) is 4.17. The summed E-state index contributed by atoms with van der Waals surface area (Å²) < 4.78 is 24.9. The Labute approximate surface area is 85.9 Å². The van der Waals surface area contributed by atoms with Crippen LogP contribution in [0.1, 0.15) is 30.4 Å². The van der Waals surface area contributed by atoms with E-state index in [4.69, 9.17) is 17.3 Å². The molecule has 1 fully saturated rings. The first-order chi connectivity index (χ1) is 6.51. The van der Waals surface area contributed by atoms with E-state index in [1.165, 1.54) is 12.1 Å². The molecule has 1 saturated carbocycles. The number of rotatable bonds is 2. The predicted octanol–water partition coefficient (Wildman–Crippen LogP) is 3.23. The van der Waals surface area contributed by atoms with Crippen LogP contribution in [0.4, 0.5) is 8.78 Å². The SMILES string of the molecule is NC1(c2cc(Cl)cc(C(F)F)c2)CC1. The van der Waals surface area contributed by atoms with Gasteiger partial charge in [-0.1, -0.05) is 11.6 Å². The molecule has 1 nitrogen and oxygen atoms in total. The van der Waals surface area contributed by atoms with Crippen molar-refractivity contribution >= 4 is 11.6 Å². The quantitative estimate of drug-likeness (QED) is 0.809. The molecular formula is C10H10ClF2N. The number of halogens is 3. The van der Waals surface area contributed by atoms with Crippen LogP contribution >= 0.6 is 11.6 Å². The van der Waals surface area contributed by atoms with Gasteiger partial charge in [-0.2, -0.15) is 0 Å². The first-order valence-electron chi connectivity index (χ1n) is 4.39. The number of hydrogen-bond donors (Lipinski definition) is 1. The van der Waals surface area contributed by atoms with Crippen LogP contribution < -0.4 is 5.73 Å². The third-order valence-corrected chi connectivity index (χ3v) is 2.75. The molecule has 0 bridgehead atoms. The molecule has 2 N–H and O–H groups in total. The van der Waals surface area contributed by atoms with Crippen molar-refractivity contribution in [3.63, 3.8) is 0 Å². The molecule has 1 aliphatic carbocycles. The Bertz CT molecular complexity index is 361. The van der Waals surface area contributed by atoms with Crippen LogP contribution in [0.25, 0.3) is 0 Å². The molecule has 1 aromatic carbocycles. The van der Waals surface area contributed by atoms with Gasteiger partial charge in [0.05, 0.1) is 0 Å². The third kappa shape index (κ3) is 1.74. The molecule has 14 heavy (non-hydrogen) atoms. The van der Waals surface area contributed by atoms with Crippen molar-refractivity contribution < 1.29 is 8.78 Å². The number of hydrogen-bond acceptors (Lipinski definition) is 1. The van der Waals surface area contributed by atoms with Crippen LogP contribution in [0.5, 0.6) is 0 Å². The first-order valence-corrected chi connectivity index (χ1v) is 4.77. The van der Waals surface area contributed by atoms with Crippen LogP contribution in [-0.4, -0.2) is 0 Å². The predicted molar refractivity (Wildman–Crippen MR) is 51.5 cm³/mol. The molecule has 1 aromatic rings. The van der Waals surface area contributed by atoms with Gasteiger partial charge in [-0.25, -0.2) is 8.78 Å². The van der Waals surface area contributed by atoms with E-state index in [-0.39, 0.29) is 5.56 Å². The van der Waals surface area contributed by atoms with Crippen LogP contribution in [0.3, 0.4) is 0 Å². The van der Waals surface area contributed by atoms with Crippen molar-refractivity contribution in [3.8, 4) is 0 Å². The van der Waals surface area contributed by atoms with E-state index in [9.17, 15) is 8.78 Å². The molecule has 4 heteroatoms. The highest BCUT2D eigenvalue weighted by atomic mass is 35.5. The Hall–Kier alpha value is -0.670. The minimum atomic E-state index is -2.49. The topological polar surface area (TPSA) is 26.0 Å². The first kappa shape index (κ1) is 9.87. The van der Waals surface area contributed by atoms with E-state index >= 15 is 0 Å². The lowest BCUT2D eigenvalue weighted by atomic mass is 10.0. The maximum atomic E-state index is 12.4. The Morgan fingerprint density at radius 3 is 2.43 bits per heavy atom. The van der Waals surface area contributed by atoms with E-state index in [0.717, 1.165) is 18.4 Å². The van der Waals surface area contributed by atoms with Gasteiger partial charge in [-0.05, 0) is 36.6 Å². The van der Waals surface area contributed by atoms with E-state index in [1.807, 2.05) is 0 Å². The minimum absolute atomic E-state index is 0.0516. The second-order valence-electron chi connectivity index (χ2n) is 3.73. The summed E-state index contributed by atoms with van der Waals surface area (Å²) in [5, 5.41) is 0.328. The van der Waals surface area contributed by atoms with Gasteiger partial charge in [0.15, 0.2) is 0 Å². The van der Waals surface area contributed by atoms with Gasteiger partial charge in [0, 0.05) is 16.1 Å². The molecule has 0 atom stereocenters. The highest BCUT2D eigenvalue weighted by Gasteiger charge is 2.40. The third-order valence-electron chi connectivity index (χ3n) is 2.54. The molecule has 0 heterocycles. The van der Waals surface area contributed by atoms with Crippen molar-refractivity contribution in [2.75, 3.05) is 0 Å². The lowest BCUT2D eigenvalue weighted by Crippen LogP contribution is -2.18. The molecule has 0 aromatic heterocycles. The Kier molecular flexibility index (Phi) is 2.24. The Morgan fingerprint density at radius 1 is 1.29 bits per heavy atom. The highest BCUT2D eigenvalue weighted by molar-refractivity contribution is 6.30. The average molecular weight is 218 g/mol. The maximum Gasteiger partial charge on any atom is 0.263 e. The molecule has 0 unspecified atom stereocenters. The summed E-state index contributed by atoms with van der Waals surface area (Å²) in [6.45, 7) is 0. The summed E-state index contributed by atoms with van der Waals surface area (Å²) in [5.41, 5.74) is 6.16. The van der Waals surface area contributed by atoms with Crippen molar-refractivity contribution in [2.45, 2.75) is 24.8 Å². The van der Waals surface area contributed by atoms with Gasteiger partial charge < -0.3 is 5.73 Å².